The van der Waals surface area contributed by atoms with Gasteiger partial charge in [-0.3, -0.25) is 15.0 Å². The quantitative estimate of drug-likeness (QED) is 0.186. The molecule has 0 aliphatic carbocycles. The molecule has 3 aromatic rings. The predicted octanol–water partition coefficient (Wildman–Crippen LogP) is 1.98. The molecular formula is C27H31N5O3. The van der Waals surface area contributed by atoms with Crippen LogP contribution in [0.15, 0.2) is 78.9 Å². The smallest absolute Gasteiger partial charge is 0.243 e. The Labute approximate surface area is 204 Å². The molecule has 0 fully saturated rings. The van der Waals surface area contributed by atoms with Gasteiger partial charge in [-0.15, -0.1) is 0 Å². The van der Waals surface area contributed by atoms with E-state index in [4.69, 9.17) is 16.9 Å². The van der Waals surface area contributed by atoms with E-state index in [2.05, 4.69) is 10.6 Å². The van der Waals surface area contributed by atoms with Gasteiger partial charge in [0.1, 0.15) is 17.6 Å². The predicted molar refractivity (Wildman–Crippen MR) is 136 cm³/mol. The molecule has 8 heteroatoms. The van der Waals surface area contributed by atoms with Gasteiger partial charge in [0.15, 0.2) is 0 Å². The highest BCUT2D eigenvalue weighted by Crippen LogP contribution is 2.12. The van der Waals surface area contributed by atoms with E-state index in [-0.39, 0.29) is 30.5 Å². The molecule has 0 heterocycles. The lowest BCUT2D eigenvalue weighted by Gasteiger charge is -2.21. The van der Waals surface area contributed by atoms with Crippen molar-refractivity contribution in [3.63, 3.8) is 0 Å². The summed E-state index contributed by atoms with van der Waals surface area (Å²) in [5.41, 5.74) is 14.9. The van der Waals surface area contributed by atoms with E-state index < -0.39 is 18.0 Å². The first-order valence-corrected chi connectivity index (χ1v) is 11.4. The standard InChI is InChI=1S/C27H31N5O3/c28-23(15-10-18-4-2-1-3-5-18)26(34)32-24(16-19-8-13-22(33)14-9-19)27(35)31-17-20-6-11-21(12-7-20)25(29)30/h1-9,11-14,23-24,33H,10,15-17,28H2,(H3,29,30)(H,31,35)(H,32,34)/t23-,24+/m1/s1. The number of phenolic OH excluding ortho intramolecular Hbond substituents is 1. The van der Waals surface area contributed by atoms with Gasteiger partial charge in [-0.1, -0.05) is 66.7 Å². The number of nitrogens with one attached hydrogen (secondary N) is 3. The Kier molecular flexibility index (Phi) is 8.97. The molecule has 0 spiro atoms. The Morgan fingerprint density at radius 1 is 0.857 bits per heavy atom. The van der Waals surface area contributed by atoms with Gasteiger partial charge in [0.2, 0.25) is 11.8 Å². The highest BCUT2D eigenvalue weighted by Gasteiger charge is 2.24. The second kappa shape index (κ2) is 12.3. The van der Waals surface area contributed by atoms with Crippen molar-refractivity contribution < 1.29 is 14.7 Å². The third-order valence-corrected chi connectivity index (χ3v) is 5.66. The van der Waals surface area contributed by atoms with Gasteiger partial charge in [0.05, 0.1) is 6.04 Å². The van der Waals surface area contributed by atoms with Crippen molar-refractivity contribution in [1.29, 1.82) is 5.41 Å². The minimum Gasteiger partial charge on any atom is -0.508 e. The summed E-state index contributed by atoms with van der Waals surface area (Å²) in [6, 6.07) is 21.6. The summed E-state index contributed by atoms with van der Waals surface area (Å²) in [7, 11) is 0. The third-order valence-electron chi connectivity index (χ3n) is 5.66. The molecule has 8 nitrogen and oxygen atoms in total. The minimum atomic E-state index is -0.841. The minimum absolute atomic E-state index is 0.0270. The number of aromatic hydroxyl groups is 1. The number of carbonyl (C=O) groups is 2. The molecule has 0 unspecified atom stereocenters. The van der Waals surface area contributed by atoms with E-state index in [0.29, 0.717) is 18.4 Å². The first-order valence-electron chi connectivity index (χ1n) is 11.4. The van der Waals surface area contributed by atoms with E-state index in [1.807, 2.05) is 30.3 Å². The Morgan fingerprint density at radius 2 is 1.49 bits per heavy atom. The molecule has 3 aromatic carbocycles. The SMILES string of the molecule is N=C(N)c1ccc(CNC(=O)[C@H](Cc2ccc(O)cc2)NC(=O)[C@H](N)CCc2ccccc2)cc1. The van der Waals surface area contributed by atoms with Crippen LogP contribution in [0, 0.1) is 5.41 Å². The van der Waals surface area contributed by atoms with Crippen molar-refractivity contribution in [2.45, 2.75) is 37.9 Å². The molecule has 0 aromatic heterocycles. The van der Waals surface area contributed by atoms with Gasteiger partial charge in [-0.25, -0.2) is 0 Å². The molecule has 0 bridgehead atoms. The van der Waals surface area contributed by atoms with Crippen molar-refractivity contribution in [2.24, 2.45) is 11.5 Å². The van der Waals surface area contributed by atoms with Crippen molar-refractivity contribution in [3.8, 4) is 5.75 Å². The van der Waals surface area contributed by atoms with Crippen molar-refractivity contribution in [3.05, 3.63) is 101 Å². The van der Waals surface area contributed by atoms with Gasteiger partial charge in [-0.2, -0.15) is 0 Å². The Morgan fingerprint density at radius 3 is 2.11 bits per heavy atom. The van der Waals surface area contributed by atoms with Gasteiger partial charge in [-0.05, 0) is 41.7 Å². The molecular weight excluding hydrogens is 442 g/mol. The zero-order valence-electron chi connectivity index (χ0n) is 19.4. The molecule has 0 saturated carbocycles. The lowest BCUT2D eigenvalue weighted by Crippen LogP contribution is -2.52. The molecule has 182 valence electrons. The van der Waals surface area contributed by atoms with Crippen LogP contribution < -0.4 is 22.1 Å². The molecule has 0 radical (unpaired) electrons. The number of amides is 2. The van der Waals surface area contributed by atoms with E-state index in [1.165, 1.54) is 12.1 Å². The Balaban J connectivity index is 1.63. The van der Waals surface area contributed by atoms with Crippen LogP contribution in [0.3, 0.4) is 0 Å². The number of benzene rings is 3. The van der Waals surface area contributed by atoms with Crippen LogP contribution in [-0.2, 0) is 29.0 Å². The number of nitrogens with two attached hydrogens (primary N) is 2. The van der Waals surface area contributed by atoms with Gasteiger partial charge in [0.25, 0.3) is 0 Å². The third kappa shape index (κ3) is 7.97. The topological polar surface area (TPSA) is 154 Å². The number of amidine groups is 1. The summed E-state index contributed by atoms with van der Waals surface area (Å²) in [4.78, 5) is 25.8. The first kappa shape index (κ1) is 25.5. The molecule has 0 aliphatic rings. The lowest BCUT2D eigenvalue weighted by molar-refractivity contribution is -0.129. The zero-order chi connectivity index (χ0) is 25.2. The van der Waals surface area contributed by atoms with E-state index in [1.54, 1.807) is 36.4 Å². The average Bonchev–Trinajstić information content (AvgIpc) is 2.87. The van der Waals surface area contributed by atoms with Gasteiger partial charge >= 0.3 is 0 Å². The van der Waals surface area contributed by atoms with Crippen LogP contribution in [0.25, 0.3) is 0 Å². The molecule has 3 rings (SSSR count). The fourth-order valence-electron chi connectivity index (χ4n) is 3.57. The molecule has 8 N–H and O–H groups in total. The molecule has 35 heavy (non-hydrogen) atoms. The van der Waals surface area contributed by atoms with Crippen molar-refractivity contribution in [2.75, 3.05) is 0 Å². The number of rotatable bonds is 11. The Hall–Kier alpha value is -4.17. The fraction of sp³-hybridized carbons (Fsp3) is 0.222. The molecule has 0 aliphatic heterocycles. The van der Waals surface area contributed by atoms with Crippen LogP contribution in [0.5, 0.6) is 5.75 Å². The second-order valence-corrected chi connectivity index (χ2v) is 8.39. The van der Waals surface area contributed by atoms with E-state index >= 15 is 0 Å². The summed E-state index contributed by atoms with van der Waals surface area (Å²) in [5, 5.41) is 22.7. The largest absolute Gasteiger partial charge is 0.508 e. The zero-order valence-corrected chi connectivity index (χ0v) is 19.4. The van der Waals surface area contributed by atoms with Crippen LogP contribution in [0.1, 0.15) is 28.7 Å². The number of carbonyl (C=O) groups excluding carboxylic acids is 2. The number of nitrogen functional groups attached to an aromatic ring is 1. The normalized spacial score (nSPS) is 12.4. The van der Waals surface area contributed by atoms with Crippen LogP contribution in [0.2, 0.25) is 0 Å². The highest BCUT2D eigenvalue weighted by atomic mass is 16.3. The maximum absolute atomic E-state index is 13.0. The average molecular weight is 474 g/mol. The van der Waals surface area contributed by atoms with E-state index in [9.17, 15) is 14.7 Å². The lowest BCUT2D eigenvalue weighted by atomic mass is 10.0. The number of hydrogen-bond donors (Lipinski definition) is 6. The molecule has 2 atom stereocenters. The number of aryl methyl sites for hydroxylation is 1. The highest BCUT2D eigenvalue weighted by molar-refractivity contribution is 5.95. The maximum Gasteiger partial charge on any atom is 0.243 e. The monoisotopic (exact) mass is 473 g/mol. The summed E-state index contributed by atoms with van der Waals surface area (Å²) in [6.45, 7) is 0.249. The summed E-state index contributed by atoms with van der Waals surface area (Å²) in [6.07, 6.45) is 1.35. The maximum atomic E-state index is 13.0. The molecule has 0 saturated heterocycles. The van der Waals surface area contributed by atoms with Crippen LogP contribution in [-0.4, -0.2) is 34.8 Å². The fourth-order valence-corrected chi connectivity index (χ4v) is 3.57. The summed E-state index contributed by atoms with van der Waals surface area (Å²) < 4.78 is 0. The van der Waals surface area contributed by atoms with Crippen molar-refractivity contribution >= 4 is 17.6 Å². The molecule has 2 amide bonds. The summed E-state index contributed by atoms with van der Waals surface area (Å²) >= 11 is 0. The number of hydrogen-bond acceptors (Lipinski definition) is 5. The van der Waals surface area contributed by atoms with Crippen LogP contribution in [0.4, 0.5) is 0 Å². The second-order valence-electron chi connectivity index (χ2n) is 8.39. The van der Waals surface area contributed by atoms with Crippen LogP contribution >= 0.6 is 0 Å². The Bertz CT molecular complexity index is 1130. The van der Waals surface area contributed by atoms with E-state index in [0.717, 1.165) is 16.7 Å². The van der Waals surface area contributed by atoms with Gasteiger partial charge < -0.3 is 27.2 Å². The number of phenols is 1. The first-order chi connectivity index (χ1) is 16.8. The van der Waals surface area contributed by atoms with Crippen molar-refractivity contribution in [1.82, 2.24) is 10.6 Å². The summed E-state index contributed by atoms with van der Waals surface area (Å²) in [5.74, 6) is -0.653. The van der Waals surface area contributed by atoms with Gasteiger partial charge in [0, 0.05) is 18.5 Å².